The average Bonchev–Trinajstić information content (AvgIpc) is 3.04. The summed E-state index contributed by atoms with van der Waals surface area (Å²) in [6, 6.07) is 10.4. The van der Waals surface area contributed by atoms with E-state index in [2.05, 4.69) is 5.32 Å². The lowest BCUT2D eigenvalue weighted by Gasteiger charge is -2.12. The van der Waals surface area contributed by atoms with Crippen LogP contribution < -0.4 is 14.8 Å². The number of imide groups is 1. The van der Waals surface area contributed by atoms with Crippen LogP contribution in [-0.2, 0) is 9.59 Å². The van der Waals surface area contributed by atoms with Gasteiger partial charge in [0.2, 0.25) is 0 Å². The van der Waals surface area contributed by atoms with Gasteiger partial charge < -0.3 is 14.8 Å². The summed E-state index contributed by atoms with van der Waals surface area (Å²) < 4.78 is 10.8. The van der Waals surface area contributed by atoms with E-state index in [4.69, 9.17) is 9.47 Å². The zero-order valence-electron chi connectivity index (χ0n) is 17.2. The van der Waals surface area contributed by atoms with Crippen molar-refractivity contribution in [2.45, 2.75) is 6.92 Å². The number of nitro benzene ring substituents is 1. The third-order valence-electron chi connectivity index (χ3n) is 4.37. The first-order valence-corrected chi connectivity index (χ1v) is 10.2. The Balaban J connectivity index is 1.66. The lowest BCUT2D eigenvalue weighted by molar-refractivity contribution is -0.384. The maximum atomic E-state index is 12.2. The highest BCUT2D eigenvalue weighted by Crippen LogP contribution is 2.34. The van der Waals surface area contributed by atoms with Crippen molar-refractivity contribution >= 4 is 46.3 Å². The first kappa shape index (κ1) is 22.8. The molecule has 2 aromatic rings. The zero-order chi connectivity index (χ0) is 23.3. The van der Waals surface area contributed by atoms with Gasteiger partial charge in [0.25, 0.3) is 22.7 Å². The van der Waals surface area contributed by atoms with Crippen molar-refractivity contribution in [3.63, 3.8) is 0 Å². The Morgan fingerprint density at radius 2 is 2.00 bits per heavy atom. The molecule has 1 fully saturated rings. The molecule has 1 heterocycles. The molecule has 0 spiro atoms. The van der Waals surface area contributed by atoms with Crippen LogP contribution in [0.4, 0.5) is 16.2 Å². The molecule has 0 bridgehead atoms. The van der Waals surface area contributed by atoms with Crippen molar-refractivity contribution < 1.29 is 28.8 Å². The summed E-state index contributed by atoms with van der Waals surface area (Å²) in [5, 5.41) is 13.0. The van der Waals surface area contributed by atoms with E-state index in [1.165, 1.54) is 31.4 Å². The number of carbonyl (C=O) groups is 3. The molecular weight excluding hydrogens is 438 g/mol. The number of nitrogens with zero attached hydrogens (tertiary/aromatic N) is 2. The highest BCUT2D eigenvalue weighted by atomic mass is 32.2. The second-order valence-electron chi connectivity index (χ2n) is 6.48. The molecule has 0 radical (unpaired) electrons. The van der Waals surface area contributed by atoms with Crippen molar-refractivity contribution in [1.29, 1.82) is 0 Å². The number of non-ortho nitro benzene ring substituents is 1. The van der Waals surface area contributed by atoms with Gasteiger partial charge in [-0.25, -0.2) is 0 Å². The smallest absolute Gasteiger partial charge is 0.293 e. The SMILES string of the molecule is CCN1C(=O)S/C(=C\c2ccc(OCC(=O)Nc3cccc([N+](=O)[O-])c3)c(OC)c2)C1=O. The number of benzene rings is 2. The van der Waals surface area contributed by atoms with Gasteiger partial charge in [-0.05, 0) is 48.5 Å². The molecule has 3 rings (SSSR count). The summed E-state index contributed by atoms with van der Waals surface area (Å²) in [6.07, 6.45) is 1.59. The van der Waals surface area contributed by atoms with Crippen LogP contribution in [0.3, 0.4) is 0 Å². The number of methoxy groups -OCH3 is 1. The summed E-state index contributed by atoms with van der Waals surface area (Å²) in [4.78, 5) is 48.0. The average molecular weight is 457 g/mol. The number of nitro groups is 1. The number of amides is 3. The van der Waals surface area contributed by atoms with Crippen LogP contribution in [0, 0.1) is 10.1 Å². The minimum Gasteiger partial charge on any atom is -0.493 e. The van der Waals surface area contributed by atoms with E-state index in [0.29, 0.717) is 28.5 Å². The number of hydrogen-bond donors (Lipinski definition) is 1. The highest BCUT2D eigenvalue weighted by molar-refractivity contribution is 8.18. The van der Waals surface area contributed by atoms with Gasteiger partial charge in [0.1, 0.15) is 0 Å². The van der Waals surface area contributed by atoms with Crippen molar-refractivity contribution in [2.24, 2.45) is 0 Å². The van der Waals surface area contributed by atoms with E-state index in [-0.39, 0.29) is 29.1 Å². The molecular formula is C21H19N3O7S. The molecule has 0 aromatic heterocycles. The lowest BCUT2D eigenvalue weighted by Crippen LogP contribution is -2.27. The van der Waals surface area contributed by atoms with Crippen LogP contribution in [0.25, 0.3) is 6.08 Å². The van der Waals surface area contributed by atoms with E-state index >= 15 is 0 Å². The molecule has 0 atom stereocenters. The monoisotopic (exact) mass is 457 g/mol. The molecule has 1 saturated heterocycles. The van der Waals surface area contributed by atoms with Gasteiger partial charge in [0.15, 0.2) is 18.1 Å². The van der Waals surface area contributed by atoms with Crippen LogP contribution >= 0.6 is 11.8 Å². The third kappa shape index (κ3) is 5.24. The second-order valence-corrected chi connectivity index (χ2v) is 7.47. The van der Waals surface area contributed by atoms with Crippen LogP contribution in [0.2, 0.25) is 0 Å². The van der Waals surface area contributed by atoms with Gasteiger partial charge in [-0.1, -0.05) is 12.1 Å². The quantitative estimate of drug-likeness (QED) is 0.361. The Morgan fingerprint density at radius 3 is 2.66 bits per heavy atom. The Hall–Kier alpha value is -3.86. The predicted octanol–water partition coefficient (Wildman–Crippen LogP) is 3.68. The van der Waals surface area contributed by atoms with E-state index in [0.717, 1.165) is 16.7 Å². The summed E-state index contributed by atoms with van der Waals surface area (Å²) in [5.74, 6) is -0.235. The first-order valence-electron chi connectivity index (χ1n) is 9.43. The standard InChI is InChI=1S/C21H19N3O7S/c1-3-23-20(26)18(32-21(23)27)10-13-7-8-16(17(9-13)30-2)31-12-19(25)22-14-5-4-6-15(11-14)24(28)29/h4-11H,3,12H2,1-2H3,(H,22,25)/b18-10-. The molecule has 3 amide bonds. The summed E-state index contributed by atoms with van der Waals surface area (Å²) >= 11 is 0.868. The second kappa shape index (κ2) is 9.96. The van der Waals surface area contributed by atoms with Gasteiger partial charge in [0.05, 0.1) is 16.9 Å². The topological polar surface area (TPSA) is 128 Å². The minimum absolute atomic E-state index is 0.141. The molecule has 11 heteroatoms. The van der Waals surface area contributed by atoms with Crippen LogP contribution in [0.5, 0.6) is 11.5 Å². The van der Waals surface area contributed by atoms with Crippen molar-refractivity contribution in [1.82, 2.24) is 4.90 Å². The maximum absolute atomic E-state index is 12.2. The Kier molecular flexibility index (Phi) is 7.11. The molecule has 10 nitrogen and oxygen atoms in total. The number of ether oxygens (including phenoxy) is 2. The van der Waals surface area contributed by atoms with Crippen LogP contribution in [-0.4, -0.2) is 47.1 Å². The molecule has 0 unspecified atom stereocenters. The number of rotatable bonds is 8. The van der Waals surface area contributed by atoms with Gasteiger partial charge in [-0.15, -0.1) is 0 Å². The fourth-order valence-corrected chi connectivity index (χ4v) is 3.76. The fourth-order valence-electron chi connectivity index (χ4n) is 2.85. The third-order valence-corrected chi connectivity index (χ3v) is 5.28. The van der Waals surface area contributed by atoms with Gasteiger partial charge in [-0.3, -0.25) is 29.4 Å². The summed E-state index contributed by atoms with van der Waals surface area (Å²) in [7, 11) is 1.43. The summed E-state index contributed by atoms with van der Waals surface area (Å²) in [5.41, 5.74) is 0.755. The van der Waals surface area contributed by atoms with Crippen molar-refractivity contribution in [3.8, 4) is 11.5 Å². The van der Waals surface area contributed by atoms with Gasteiger partial charge in [0, 0.05) is 24.4 Å². The number of thioether (sulfide) groups is 1. The normalized spacial score (nSPS) is 14.6. The number of nitrogens with one attached hydrogen (secondary N) is 1. The number of carbonyl (C=O) groups excluding carboxylic acids is 3. The van der Waals surface area contributed by atoms with E-state index in [1.54, 1.807) is 31.2 Å². The summed E-state index contributed by atoms with van der Waals surface area (Å²) in [6.45, 7) is 1.67. The number of likely N-dealkylation sites (N-methyl/N-ethyl adjacent to an activating group) is 1. The Morgan fingerprint density at radius 1 is 1.22 bits per heavy atom. The predicted molar refractivity (Wildman–Crippen MR) is 119 cm³/mol. The molecule has 0 saturated carbocycles. The van der Waals surface area contributed by atoms with E-state index in [9.17, 15) is 24.5 Å². The van der Waals surface area contributed by atoms with Crippen molar-refractivity contribution in [2.75, 3.05) is 25.6 Å². The molecule has 1 aliphatic heterocycles. The van der Waals surface area contributed by atoms with E-state index in [1.807, 2.05) is 0 Å². The van der Waals surface area contributed by atoms with Crippen LogP contribution in [0.15, 0.2) is 47.4 Å². The lowest BCUT2D eigenvalue weighted by atomic mass is 10.2. The van der Waals surface area contributed by atoms with Gasteiger partial charge >= 0.3 is 0 Å². The molecule has 0 aliphatic carbocycles. The molecule has 1 aliphatic rings. The largest absolute Gasteiger partial charge is 0.493 e. The molecule has 1 N–H and O–H groups in total. The molecule has 32 heavy (non-hydrogen) atoms. The Bertz CT molecular complexity index is 1120. The Labute approximate surface area is 187 Å². The number of hydrogen-bond acceptors (Lipinski definition) is 8. The molecule has 2 aromatic carbocycles. The minimum atomic E-state index is -0.554. The number of anilines is 1. The fraction of sp³-hybridized carbons (Fsp3) is 0.190. The van der Waals surface area contributed by atoms with Crippen molar-refractivity contribution in [3.05, 3.63) is 63.0 Å². The first-order chi connectivity index (χ1) is 15.3. The van der Waals surface area contributed by atoms with Crippen LogP contribution in [0.1, 0.15) is 12.5 Å². The van der Waals surface area contributed by atoms with E-state index < -0.39 is 10.8 Å². The molecule has 166 valence electrons. The maximum Gasteiger partial charge on any atom is 0.293 e. The van der Waals surface area contributed by atoms with Gasteiger partial charge in [-0.2, -0.15) is 0 Å². The zero-order valence-corrected chi connectivity index (χ0v) is 18.0. The highest BCUT2D eigenvalue weighted by Gasteiger charge is 2.33.